The van der Waals surface area contributed by atoms with Gasteiger partial charge in [0.25, 0.3) is 0 Å². The first kappa shape index (κ1) is 15.0. The fraction of sp³-hybridized carbons (Fsp3) is 0.158. The number of amides is 1. The molecule has 0 aromatic heterocycles. The second kappa shape index (κ2) is 6.48. The van der Waals surface area contributed by atoms with Crippen LogP contribution in [0.2, 0.25) is 0 Å². The van der Waals surface area contributed by atoms with E-state index < -0.39 is 0 Å². The number of hydrogen-bond donors (Lipinski definition) is 1. The lowest BCUT2D eigenvalue weighted by molar-refractivity contribution is -0.114. The molecule has 2 aromatic carbocycles. The maximum Gasteiger partial charge on any atom is 0.221 e. The molecule has 1 aliphatic rings. The molecule has 4 heteroatoms. The van der Waals surface area contributed by atoms with Crippen LogP contribution in [0, 0.1) is 0 Å². The zero-order valence-corrected chi connectivity index (χ0v) is 12.8. The first-order chi connectivity index (χ1) is 11.1. The van der Waals surface area contributed by atoms with Crippen molar-refractivity contribution < 1.29 is 14.3 Å². The zero-order chi connectivity index (χ0) is 16.2. The van der Waals surface area contributed by atoms with Crippen molar-refractivity contribution in [3.63, 3.8) is 0 Å². The molecule has 0 bridgehead atoms. The van der Waals surface area contributed by atoms with E-state index in [0.717, 1.165) is 29.0 Å². The van der Waals surface area contributed by atoms with E-state index in [0.29, 0.717) is 12.2 Å². The molecule has 0 unspecified atom stereocenters. The van der Waals surface area contributed by atoms with E-state index >= 15 is 0 Å². The summed E-state index contributed by atoms with van der Waals surface area (Å²) < 4.78 is 5.44. The minimum atomic E-state index is -0.107. The third-order valence-electron chi connectivity index (χ3n) is 3.63. The summed E-state index contributed by atoms with van der Waals surface area (Å²) >= 11 is 0. The molecule has 4 nitrogen and oxygen atoms in total. The van der Waals surface area contributed by atoms with E-state index in [9.17, 15) is 9.59 Å². The minimum Gasteiger partial charge on any atom is -0.493 e. The van der Waals surface area contributed by atoms with Crippen LogP contribution in [0.1, 0.15) is 28.4 Å². The van der Waals surface area contributed by atoms with Gasteiger partial charge in [0.2, 0.25) is 5.91 Å². The molecule has 1 heterocycles. The normalized spacial score (nSPS) is 12.7. The van der Waals surface area contributed by atoms with E-state index in [1.165, 1.54) is 6.92 Å². The highest BCUT2D eigenvalue weighted by Gasteiger charge is 2.13. The number of fused-ring (bicyclic) bond motifs is 1. The fourth-order valence-corrected chi connectivity index (χ4v) is 2.49. The van der Waals surface area contributed by atoms with Crippen molar-refractivity contribution in [3.8, 4) is 5.75 Å². The van der Waals surface area contributed by atoms with E-state index in [2.05, 4.69) is 5.32 Å². The van der Waals surface area contributed by atoms with Gasteiger partial charge in [-0.05, 0) is 47.5 Å². The number of rotatable bonds is 4. The molecule has 0 atom stereocenters. The Labute approximate surface area is 134 Å². The molecule has 0 saturated carbocycles. The van der Waals surface area contributed by atoms with Gasteiger partial charge in [-0.1, -0.05) is 18.2 Å². The molecule has 116 valence electrons. The summed E-state index contributed by atoms with van der Waals surface area (Å²) in [6.45, 7) is 2.15. The fourth-order valence-electron chi connectivity index (χ4n) is 2.49. The van der Waals surface area contributed by atoms with E-state index in [1.54, 1.807) is 30.4 Å². The van der Waals surface area contributed by atoms with E-state index in [4.69, 9.17) is 4.74 Å². The Hall–Kier alpha value is -2.88. The van der Waals surface area contributed by atoms with Crippen LogP contribution in [0.5, 0.6) is 5.75 Å². The number of benzene rings is 2. The van der Waals surface area contributed by atoms with Crippen LogP contribution in [-0.4, -0.2) is 18.3 Å². The number of ketones is 1. The van der Waals surface area contributed by atoms with Crippen molar-refractivity contribution >= 4 is 23.5 Å². The Morgan fingerprint density at radius 2 is 1.91 bits per heavy atom. The van der Waals surface area contributed by atoms with Crippen molar-refractivity contribution in [2.75, 3.05) is 11.9 Å². The lowest BCUT2D eigenvalue weighted by Gasteiger charge is -2.02. The first-order valence-electron chi connectivity index (χ1n) is 7.47. The van der Waals surface area contributed by atoms with E-state index in [-0.39, 0.29) is 11.7 Å². The maximum atomic E-state index is 12.2. The van der Waals surface area contributed by atoms with Gasteiger partial charge in [0.15, 0.2) is 5.78 Å². The Balaban J connectivity index is 1.69. The predicted octanol–water partition coefficient (Wildman–Crippen LogP) is 3.48. The second-order valence-electron chi connectivity index (χ2n) is 5.42. The van der Waals surface area contributed by atoms with Crippen LogP contribution in [-0.2, 0) is 11.2 Å². The third kappa shape index (κ3) is 3.66. The number of carbonyl (C=O) groups excluding carboxylic acids is 2. The molecule has 2 aromatic rings. The lowest BCUT2D eigenvalue weighted by atomic mass is 10.0. The van der Waals surface area contributed by atoms with Crippen molar-refractivity contribution in [3.05, 3.63) is 65.2 Å². The summed E-state index contributed by atoms with van der Waals surface area (Å²) in [6.07, 6.45) is 4.18. The molecule has 1 aliphatic heterocycles. The highest BCUT2D eigenvalue weighted by Crippen LogP contribution is 2.26. The van der Waals surface area contributed by atoms with Crippen molar-refractivity contribution in [2.45, 2.75) is 13.3 Å². The molecular weight excluding hydrogens is 290 g/mol. The van der Waals surface area contributed by atoms with Gasteiger partial charge < -0.3 is 10.1 Å². The summed E-state index contributed by atoms with van der Waals surface area (Å²) in [6, 6.07) is 12.9. The summed E-state index contributed by atoms with van der Waals surface area (Å²) in [7, 11) is 0. The van der Waals surface area contributed by atoms with Gasteiger partial charge >= 0.3 is 0 Å². The standard InChI is InChI=1S/C19H17NO3/c1-13(21)20-17-6-2-14(3-7-17)4-8-18(22)15-5-9-19-16(12-15)10-11-23-19/h2-9,12H,10-11H2,1H3,(H,20,21). The Kier molecular flexibility index (Phi) is 4.24. The summed E-state index contributed by atoms with van der Waals surface area (Å²) in [5.41, 5.74) is 3.39. The molecule has 0 spiro atoms. The van der Waals surface area contributed by atoms with Gasteiger partial charge in [-0.25, -0.2) is 0 Å². The number of nitrogens with one attached hydrogen (secondary N) is 1. The second-order valence-corrected chi connectivity index (χ2v) is 5.42. The van der Waals surface area contributed by atoms with Crippen LogP contribution in [0.3, 0.4) is 0 Å². The number of anilines is 1. The predicted molar refractivity (Wildman–Crippen MR) is 89.8 cm³/mol. The van der Waals surface area contributed by atoms with Crippen LogP contribution >= 0.6 is 0 Å². The first-order valence-corrected chi connectivity index (χ1v) is 7.47. The molecule has 0 saturated heterocycles. The molecular formula is C19H17NO3. The summed E-state index contributed by atoms with van der Waals surface area (Å²) in [4.78, 5) is 23.2. The van der Waals surface area contributed by atoms with E-state index in [1.807, 2.05) is 24.3 Å². The average Bonchev–Trinajstić information content (AvgIpc) is 3.01. The van der Waals surface area contributed by atoms with Gasteiger partial charge in [0, 0.05) is 24.6 Å². The number of allylic oxidation sites excluding steroid dienone is 1. The smallest absolute Gasteiger partial charge is 0.221 e. The summed E-state index contributed by atoms with van der Waals surface area (Å²) in [5, 5.41) is 2.70. The molecule has 1 N–H and O–H groups in total. The average molecular weight is 307 g/mol. The van der Waals surface area contributed by atoms with Crippen molar-refractivity contribution in [1.29, 1.82) is 0 Å². The summed E-state index contributed by atoms with van der Waals surface area (Å²) in [5.74, 6) is 0.730. The minimum absolute atomic E-state index is 0.0364. The van der Waals surface area contributed by atoms with Gasteiger partial charge in [0.1, 0.15) is 5.75 Å². The molecule has 0 radical (unpaired) electrons. The van der Waals surface area contributed by atoms with Crippen molar-refractivity contribution in [2.24, 2.45) is 0 Å². The molecule has 0 fully saturated rings. The maximum absolute atomic E-state index is 12.2. The molecule has 23 heavy (non-hydrogen) atoms. The Morgan fingerprint density at radius 3 is 2.65 bits per heavy atom. The Bertz CT molecular complexity index is 776. The van der Waals surface area contributed by atoms with Gasteiger partial charge in [-0.3, -0.25) is 9.59 Å². The largest absolute Gasteiger partial charge is 0.493 e. The number of ether oxygens (including phenoxy) is 1. The quantitative estimate of drug-likeness (QED) is 0.695. The number of hydrogen-bond acceptors (Lipinski definition) is 3. The highest BCUT2D eigenvalue weighted by molar-refractivity contribution is 6.07. The SMILES string of the molecule is CC(=O)Nc1ccc(C=CC(=O)c2ccc3c(c2)CCO3)cc1. The Morgan fingerprint density at radius 1 is 1.13 bits per heavy atom. The molecule has 0 aliphatic carbocycles. The number of carbonyl (C=O) groups is 2. The zero-order valence-electron chi connectivity index (χ0n) is 12.8. The van der Waals surface area contributed by atoms with Crippen LogP contribution in [0.25, 0.3) is 6.08 Å². The molecule has 1 amide bonds. The highest BCUT2D eigenvalue weighted by atomic mass is 16.5. The van der Waals surface area contributed by atoms with Crippen LogP contribution in [0.15, 0.2) is 48.5 Å². The van der Waals surface area contributed by atoms with Crippen LogP contribution in [0.4, 0.5) is 5.69 Å². The van der Waals surface area contributed by atoms with Gasteiger partial charge in [-0.15, -0.1) is 0 Å². The van der Waals surface area contributed by atoms with Crippen molar-refractivity contribution in [1.82, 2.24) is 0 Å². The third-order valence-corrected chi connectivity index (χ3v) is 3.63. The van der Waals surface area contributed by atoms with Gasteiger partial charge in [-0.2, -0.15) is 0 Å². The monoisotopic (exact) mass is 307 g/mol. The topological polar surface area (TPSA) is 55.4 Å². The lowest BCUT2D eigenvalue weighted by Crippen LogP contribution is -2.05. The van der Waals surface area contributed by atoms with Gasteiger partial charge in [0.05, 0.1) is 6.61 Å². The molecule has 3 rings (SSSR count). The van der Waals surface area contributed by atoms with Crippen LogP contribution < -0.4 is 10.1 Å².